The Bertz CT molecular complexity index is 381. The molecule has 0 bridgehead atoms. The molecule has 1 aromatic rings. The van der Waals surface area contributed by atoms with Gasteiger partial charge in [0.15, 0.2) is 0 Å². The van der Waals surface area contributed by atoms with Gasteiger partial charge < -0.3 is 15.7 Å². The van der Waals surface area contributed by atoms with Gasteiger partial charge in [-0.05, 0) is 43.5 Å². The van der Waals surface area contributed by atoms with Crippen molar-refractivity contribution in [3.8, 4) is 0 Å². The fourth-order valence-corrected chi connectivity index (χ4v) is 2.84. The lowest BCUT2D eigenvalue weighted by Crippen LogP contribution is -2.44. The van der Waals surface area contributed by atoms with E-state index >= 15 is 0 Å². The Morgan fingerprint density at radius 3 is 3.00 bits per heavy atom. The molecule has 0 aliphatic carbocycles. The Kier molecular flexibility index (Phi) is 4.61. The smallest absolute Gasteiger partial charge is 0.0596 e. The third-order valence-electron chi connectivity index (χ3n) is 3.77. The minimum absolute atomic E-state index is 0.167. The predicted molar refractivity (Wildman–Crippen MR) is 75.4 cm³/mol. The summed E-state index contributed by atoms with van der Waals surface area (Å²) in [5.41, 5.74) is 7.84. The average molecular weight is 248 g/mol. The third kappa shape index (κ3) is 3.47. The molecule has 3 nitrogen and oxygen atoms in total. The molecule has 1 saturated heterocycles. The van der Waals surface area contributed by atoms with E-state index in [1.54, 1.807) is 0 Å². The molecule has 0 amide bonds. The van der Waals surface area contributed by atoms with Crippen LogP contribution >= 0.6 is 0 Å². The molecule has 0 aromatic heterocycles. The molecule has 2 unspecified atom stereocenters. The molecule has 3 N–H and O–H groups in total. The number of nitrogens with zero attached hydrogens (tertiary/aromatic N) is 1. The van der Waals surface area contributed by atoms with Crippen LogP contribution in [0.2, 0.25) is 0 Å². The van der Waals surface area contributed by atoms with Gasteiger partial charge in [0, 0.05) is 24.7 Å². The van der Waals surface area contributed by atoms with Crippen LogP contribution in [-0.2, 0) is 6.42 Å². The van der Waals surface area contributed by atoms with Gasteiger partial charge in [0.05, 0.1) is 6.10 Å². The van der Waals surface area contributed by atoms with Crippen LogP contribution in [0.5, 0.6) is 0 Å². The van der Waals surface area contributed by atoms with E-state index in [-0.39, 0.29) is 6.10 Å². The maximum absolute atomic E-state index is 10.1. The van der Waals surface area contributed by atoms with Gasteiger partial charge in [0.25, 0.3) is 0 Å². The van der Waals surface area contributed by atoms with E-state index in [9.17, 15) is 5.11 Å². The standard InChI is InChI=1S/C15H24N2O/c1-2-7-17-8-6-15(18)13(11-17)9-12-4-3-5-14(16)10-12/h3-5,10,13,15,18H,2,6-9,11,16H2,1H3. The number of nitrogens with two attached hydrogens (primary N) is 1. The quantitative estimate of drug-likeness (QED) is 0.800. The summed E-state index contributed by atoms with van der Waals surface area (Å²) in [5, 5.41) is 10.1. The Morgan fingerprint density at radius 1 is 1.44 bits per heavy atom. The summed E-state index contributed by atoms with van der Waals surface area (Å²) >= 11 is 0. The minimum Gasteiger partial charge on any atom is -0.399 e. The largest absolute Gasteiger partial charge is 0.399 e. The topological polar surface area (TPSA) is 49.5 Å². The first kappa shape index (κ1) is 13.4. The Labute approximate surface area is 110 Å². The van der Waals surface area contributed by atoms with Gasteiger partial charge in [-0.15, -0.1) is 0 Å². The highest BCUT2D eigenvalue weighted by molar-refractivity contribution is 5.40. The van der Waals surface area contributed by atoms with Crippen molar-refractivity contribution < 1.29 is 5.11 Å². The lowest BCUT2D eigenvalue weighted by Gasteiger charge is -2.36. The van der Waals surface area contributed by atoms with Gasteiger partial charge in [-0.2, -0.15) is 0 Å². The van der Waals surface area contributed by atoms with Crippen molar-refractivity contribution in [3.63, 3.8) is 0 Å². The Balaban J connectivity index is 1.98. The summed E-state index contributed by atoms with van der Waals surface area (Å²) in [6, 6.07) is 8.02. The molecule has 1 fully saturated rings. The molecule has 1 heterocycles. The molecular weight excluding hydrogens is 224 g/mol. The van der Waals surface area contributed by atoms with Crippen LogP contribution in [0.15, 0.2) is 24.3 Å². The van der Waals surface area contributed by atoms with E-state index in [4.69, 9.17) is 5.73 Å². The Hall–Kier alpha value is -1.06. The zero-order valence-corrected chi connectivity index (χ0v) is 11.2. The second-order valence-corrected chi connectivity index (χ2v) is 5.37. The number of aliphatic hydroxyl groups is 1. The number of hydrogen-bond acceptors (Lipinski definition) is 3. The first-order chi connectivity index (χ1) is 8.69. The number of piperidine rings is 1. The van der Waals surface area contributed by atoms with Crippen molar-refractivity contribution in [1.82, 2.24) is 4.90 Å². The van der Waals surface area contributed by atoms with Crippen molar-refractivity contribution in [3.05, 3.63) is 29.8 Å². The van der Waals surface area contributed by atoms with E-state index in [1.165, 1.54) is 12.0 Å². The number of benzene rings is 1. The minimum atomic E-state index is -0.167. The van der Waals surface area contributed by atoms with Gasteiger partial charge in [-0.25, -0.2) is 0 Å². The van der Waals surface area contributed by atoms with E-state index in [2.05, 4.69) is 17.9 Å². The van der Waals surface area contributed by atoms with Crippen molar-refractivity contribution in [1.29, 1.82) is 0 Å². The molecule has 0 saturated carbocycles. The summed E-state index contributed by atoms with van der Waals surface area (Å²) in [4.78, 5) is 2.46. The summed E-state index contributed by atoms with van der Waals surface area (Å²) in [5.74, 6) is 0.340. The van der Waals surface area contributed by atoms with E-state index in [1.807, 2.05) is 18.2 Å². The molecule has 0 radical (unpaired) electrons. The number of anilines is 1. The van der Waals surface area contributed by atoms with Crippen LogP contribution in [0, 0.1) is 5.92 Å². The molecule has 1 aromatic carbocycles. The molecule has 2 rings (SSSR count). The highest BCUT2D eigenvalue weighted by Gasteiger charge is 2.27. The number of nitrogen functional groups attached to an aromatic ring is 1. The normalized spacial score (nSPS) is 25.2. The predicted octanol–water partition coefficient (Wildman–Crippen LogP) is 1.90. The fraction of sp³-hybridized carbons (Fsp3) is 0.600. The molecule has 100 valence electrons. The lowest BCUT2D eigenvalue weighted by molar-refractivity contribution is 0.0270. The maximum atomic E-state index is 10.1. The van der Waals surface area contributed by atoms with E-state index in [0.29, 0.717) is 5.92 Å². The van der Waals surface area contributed by atoms with Crippen LogP contribution in [0.25, 0.3) is 0 Å². The third-order valence-corrected chi connectivity index (χ3v) is 3.77. The van der Waals surface area contributed by atoms with Crippen LogP contribution < -0.4 is 5.73 Å². The number of rotatable bonds is 4. The second-order valence-electron chi connectivity index (χ2n) is 5.37. The van der Waals surface area contributed by atoms with Crippen molar-refractivity contribution in [2.75, 3.05) is 25.4 Å². The summed E-state index contributed by atoms with van der Waals surface area (Å²) < 4.78 is 0. The van der Waals surface area contributed by atoms with Crippen molar-refractivity contribution in [2.45, 2.75) is 32.3 Å². The van der Waals surface area contributed by atoms with Crippen LogP contribution in [0.3, 0.4) is 0 Å². The summed E-state index contributed by atoms with van der Waals surface area (Å²) in [6.45, 7) is 5.38. The first-order valence-corrected chi connectivity index (χ1v) is 6.94. The number of aliphatic hydroxyl groups excluding tert-OH is 1. The van der Waals surface area contributed by atoms with E-state index in [0.717, 1.165) is 38.2 Å². The first-order valence-electron chi connectivity index (χ1n) is 6.94. The molecule has 1 aliphatic heterocycles. The van der Waals surface area contributed by atoms with Gasteiger partial charge in [0.1, 0.15) is 0 Å². The average Bonchev–Trinajstić information content (AvgIpc) is 2.34. The highest BCUT2D eigenvalue weighted by Crippen LogP contribution is 2.22. The van der Waals surface area contributed by atoms with Gasteiger partial charge in [-0.3, -0.25) is 0 Å². The Morgan fingerprint density at radius 2 is 2.28 bits per heavy atom. The molecule has 0 spiro atoms. The number of likely N-dealkylation sites (tertiary alicyclic amines) is 1. The molecule has 1 aliphatic rings. The molecule has 18 heavy (non-hydrogen) atoms. The van der Waals surface area contributed by atoms with Crippen LogP contribution in [0.1, 0.15) is 25.3 Å². The van der Waals surface area contributed by atoms with Crippen molar-refractivity contribution in [2.24, 2.45) is 5.92 Å². The van der Waals surface area contributed by atoms with Crippen LogP contribution in [0.4, 0.5) is 5.69 Å². The highest BCUT2D eigenvalue weighted by atomic mass is 16.3. The van der Waals surface area contributed by atoms with Crippen LogP contribution in [-0.4, -0.2) is 35.7 Å². The fourth-order valence-electron chi connectivity index (χ4n) is 2.84. The van der Waals surface area contributed by atoms with Gasteiger partial charge in [-0.1, -0.05) is 19.1 Å². The van der Waals surface area contributed by atoms with E-state index < -0.39 is 0 Å². The lowest BCUT2D eigenvalue weighted by atomic mass is 9.88. The molecule has 2 atom stereocenters. The monoisotopic (exact) mass is 248 g/mol. The van der Waals surface area contributed by atoms with Gasteiger partial charge in [0.2, 0.25) is 0 Å². The zero-order valence-electron chi connectivity index (χ0n) is 11.2. The second kappa shape index (κ2) is 6.21. The SMILES string of the molecule is CCCN1CCC(O)C(Cc2cccc(N)c2)C1. The molecule has 3 heteroatoms. The van der Waals surface area contributed by atoms with Gasteiger partial charge >= 0.3 is 0 Å². The number of hydrogen-bond donors (Lipinski definition) is 2. The van der Waals surface area contributed by atoms with Crippen molar-refractivity contribution >= 4 is 5.69 Å². The summed E-state index contributed by atoms with van der Waals surface area (Å²) in [7, 11) is 0. The zero-order chi connectivity index (χ0) is 13.0. The molecular formula is C15H24N2O. The maximum Gasteiger partial charge on any atom is 0.0596 e. The summed E-state index contributed by atoms with van der Waals surface area (Å²) in [6.07, 6.45) is 2.83.